The third-order valence-corrected chi connectivity index (χ3v) is 4.08. The van der Waals surface area contributed by atoms with E-state index in [1.165, 1.54) is 12.1 Å². The Morgan fingerprint density at radius 2 is 1.92 bits per heavy atom. The van der Waals surface area contributed by atoms with Crippen LogP contribution in [0.4, 0.5) is 18.9 Å². The summed E-state index contributed by atoms with van der Waals surface area (Å²) < 4.78 is 42.1. The van der Waals surface area contributed by atoms with E-state index >= 15 is 0 Å². The molecule has 2 aromatic rings. The van der Waals surface area contributed by atoms with Gasteiger partial charge in [-0.25, -0.2) is 4.79 Å². The molecule has 0 unspecified atom stereocenters. The van der Waals surface area contributed by atoms with Crippen molar-refractivity contribution in [1.29, 1.82) is 0 Å². The van der Waals surface area contributed by atoms with Crippen LogP contribution in [0.2, 0.25) is 0 Å². The van der Waals surface area contributed by atoms with Gasteiger partial charge in [0.15, 0.2) is 5.58 Å². The zero-order valence-electron chi connectivity index (χ0n) is 12.9. The zero-order chi connectivity index (χ0) is 18.2. The number of fused-ring (bicyclic) bond motifs is 1. The molecule has 0 atom stereocenters. The van der Waals surface area contributed by atoms with Crippen molar-refractivity contribution >= 4 is 28.6 Å². The van der Waals surface area contributed by atoms with Gasteiger partial charge in [-0.05, 0) is 31.0 Å². The van der Waals surface area contributed by atoms with E-state index in [-0.39, 0.29) is 31.8 Å². The lowest BCUT2D eigenvalue weighted by Gasteiger charge is -2.31. The van der Waals surface area contributed by atoms with Crippen molar-refractivity contribution in [2.24, 2.45) is 5.92 Å². The summed E-state index contributed by atoms with van der Waals surface area (Å²) in [7, 11) is 0. The van der Waals surface area contributed by atoms with Crippen LogP contribution in [0.5, 0.6) is 0 Å². The second-order valence-corrected chi connectivity index (χ2v) is 5.78. The molecule has 3 rings (SSSR count). The van der Waals surface area contributed by atoms with Gasteiger partial charge in [0.2, 0.25) is 5.91 Å². The highest BCUT2D eigenvalue weighted by Gasteiger charge is 2.43. The Hall–Kier alpha value is -2.78. The maximum Gasteiger partial charge on any atom is 0.471 e. The average molecular weight is 357 g/mol. The van der Waals surface area contributed by atoms with Gasteiger partial charge in [0.25, 0.3) is 0 Å². The van der Waals surface area contributed by atoms with Crippen LogP contribution in [0.3, 0.4) is 0 Å². The molecule has 2 heterocycles. The van der Waals surface area contributed by atoms with Gasteiger partial charge in [0, 0.05) is 24.7 Å². The molecule has 1 saturated heterocycles. The van der Waals surface area contributed by atoms with Gasteiger partial charge >= 0.3 is 17.8 Å². The molecule has 0 spiro atoms. The summed E-state index contributed by atoms with van der Waals surface area (Å²) in [5.74, 6) is -3.32. The Bertz CT molecular complexity index is 863. The third-order valence-electron chi connectivity index (χ3n) is 4.08. The van der Waals surface area contributed by atoms with Gasteiger partial charge in [-0.15, -0.1) is 0 Å². The first kappa shape index (κ1) is 17.1. The molecule has 1 fully saturated rings. The Balaban J connectivity index is 1.60. The van der Waals surface area contributed by atoms with Crippen LogP contribution in [0, 0.1) is 5.92 Å². The smallest absolute Gasteiger partial charge is 0.408 e. The minimum Gasteiger partial charge on any atom is -0.408 e. The Morgan fingerprint density at radius 3 is 2.56 bits per heavy atom. The van der Waals surface area contributed by atoms with E-state index in [0.29, 0.717) is 21.7 Å². The maximum absolute atomic E-state index is 12.4. The lowest BCUT2D eigenvalue weighted by Crippen LogP contribution is -2.46. The molecule has 7 nitrogen and oxygen atoms in total. The summed E-state index contributed by atoms with van der Waals surface area (Å²) in [6.45, 7) is -0.241. The van der Waals surface area contributed by atoms with Gasteiger partial charge in [-0.3, -0.25) is 14.6 Å². The number of benzene rings is 1. The molecule has 0 radical (unpaired) electrons. The number of halogens is 3. The molecule has 1 aliphatic heterocycles. The van der Waals surface area contributed by atoms with Crippen LogP contribution in [-0.4, -0.2) is 41.0 Å². The number of carbonyl (C=O) groups excluding carboxylic acids is 2. The monoisotopic (exact) mass is 357 g/mol. The normalized spacial score (nSPS) is 16.2. The Labute approximate surface area is 138 Å². The second-order valence-electron chi connectivity index (χ2n) is 5.78. The number of amides is 2. The minimum absolute atomic E-state index is 0.121. The molecular weight excluding hydrogens is 343 g/mol. The van der Waals surface area contributed by atoms with Gasteiger partial charge in [-0.1, -0.05) is 0 Å². The molecule has 0 saturated carbocycles. The van der Waals surface area contributed by atoms with Gasteiger partial charge in [-0.2, -0.15) is 13.2 Å². The predicted octanol–water partition coefficient (Wildman–Crippen LogP) is 1.86. The summed E-state index contributed by atoms with van der Waals surface area (Å²) in [5, 5.41) is 2.66. The van der Waals surface area contributed by atoms with Gasteiger partial charge in [0.1, 0.15) is 0 Å². The van der Waals surface area contributed by atoms with Crippen molar-refractivity contribution in [1.82, 2.24) is 9.88 Å². The topological polar surface area (TPSA) is 95.4 Å². The van der Waals surface area contributed by atoms with Crippen molar-refractivity contribution in [3.05, 3.63) is 28.7 Å². The van der Waals surface area contributed by atoms with Gasteiger partial charge in [0.05, 0.1) is 5.52 Å². The minimum atomic E-state index is -4.90. The van der Waals surface area contributed by atoms with Crippen molar-refractivity contribution in [2.75, 3.05) is 18.4 Å². The van der Waals surface area contributed by atoms with Crippen molar-refractivity contribution in [2.45, 2.75) is 19.0 Å². The van der Waals surface area contributed by atoms with E-state index in [0.717, 1.165) is 0 Å². The van der Waals surface area contributed by atoms with E-state index in [1.54, 1.807) is 6.07 Å². The van der Waals surface area contributed by atoms with Gasteiger partial charge < -0.3 is 14.6 Å². The molecule has 10 heteroatoms. The van der Waals surface area contributed by atoms with E-state index in [2.05, 4.69) is 10.3 Å². The highest BCUT2D eigenvalue weighted by molar-refractivity contribution is 5.94. The number of hydrogen-bond donors (Lipinski definition) is 2. The summed E-state index contributed by atoms with van der Waals surface area (Å²) in [5.41, 5.74) is 1.21. The Morgan fingerprint density at radius 1 is 1.24 bits per heavy atom. The fourth-order valence-corrected chi connectivity index (χ4v) is 2.80. The van der Waals surface area contributed by atoms with Crippen LogP contribution < -0.4 is 11.1 Å². The maximum atomic E-state index is 12.4. The number of H-pyrrole nitrogens is 1. The molecule has 0 aliphatic carbocycles. The quantitative estimate of drug-likeness (QED) is 0.858. The van der Waals surface area contributed by atoms with E-state index < -0.39 is 23.8 Å². The van der Waals surface area contributed by atoms with Crippen molar-refractivity contribution in [3.8, 4) is 0 Å². The van der Waals surface area contributed by atoms with E-state index in [1.807, 2.05) is 0 Å². The zero-order valence-corrected chi connectivity index (χ0v) is 12.9. The second kappa shape index (κ2) is 6.26. The lowest BCUT2D eigenvalue weighted by molar-refractivity contribution is -0.186. The number of oxazole rings is 1. The number of hydrogen-bond acceptors (Lipinski definition) is 4. The standard InChI is InChI=1S/C15H14F3N3O4/c16-15(17,18)13(23)21-5-3-8(4-6-21)12(22)19-9-1-2-11-10(7-9)20-14(24)25-11/h1-2,7-8H,3-6H2,(H,19,22)(H,20,24). The number of piperidine rings is 1. The first-order valence-corrected chi connectivity index (χ1v) is 7.54. The highest BCUT2D eigenvalue weighted by Crippen LogP contribution is 2.25. The molecule has 2 amide bonds. The number of anilines is 1. The fraction of sp³-hybridized carbons (Fsp3) is 0.400. The molecule has 2 N–H and O–H groups in total. The number of aromatic amines is 1. The number of nitrogens with one attached hydrogen (secondary N) is 2. The molecular formula is C15H14F3N3O4. The first-order chi connectivity index (χ1) is 11.7. The van der Waals surface area contributed by atoms with E-state index in [9.17, 15) is 27.6 Å². The molecule has 1 aliphatic rings. The van der Waals surface area contributed by atoms with Crippen molar-refractivity contribution < 1.29 is 27.2 Å². The van der Waals surface area contributed by atoms with Crippen LogP contribution in [0.15, 0.2) is 27.4 Å². The SMILES string of the molecule is O=C(Nc1ccc2oc(=O)[nH]c2c1)C1CCN(C(=O)C(F)(F)F)CC1. The first-order valence-electron chi connectivity index (χ1n) is 7.54. The number of alkyl halides is 3. The summed E-state index contributed by atoms with van der Waals surface area (Å²) in [6.07, 6.45) is -4.59. The predicted molar refractivity (Wildman–Crippen MR) is 80.8 cm³/mol. The number of likely N-dealkylation sites (tertiary alicyclic amines) is 1. The van der Waals surface area contributed by atoms with Crippen LogP contribution >= 0.6 is 0 Å². The third kappa shape index (κ3) is 3.67. The molecule has 0 bridgehead atoms. The average Bonchev–Trinajstić information content (AvgIpc) is 2.92. The lowest BCUT2D eigenvalue weighted by atomic mass is 9.95. The number of nitrogens with zero attached hydrogens (tertiary/aromatic N) is 1. The van der Waals surface area contributed by atoms with Crippen LogP contribution in [0.1, 0.15) is 12.8 Å². The summed E-state index contributed by atoms with van der Waals surface area (Å²) in [6, 6.07) is 4.60. The summed E-state index contributed by atoms with van der Waals surface area (Å²) >= 11 is 0. The molecule has 1 aromatic heterocycles. The van der Waals surface area contributed by atoms with Crippen molar-refractivity contribution in [3.63, 3.8) is 0 Å². The Kier molecular flexibility index (Phi) is 4.27. The number of carbonyl (C=O) groups is 2. The number of rotatable bonds is 2. The number of aromatic nitrogens is 1. The molecule has 25 heavy (non-hydrogen) atoms. The highest BCUT2D eigenvalue weighted by atomic mass is 19.4. The van der Waals surface area contributed by atoms with Crippen LogP contribution in [-0.2, 0) is 9.59 Å². The fourth-order valence-electron chi connectivity index (χ4n) is 2.80. The summed E-state index contributed by atoms with van der Waals surface area (Å²) in [4.78, 5) is 37.7. The molecule has 1 aromatic carbocycles. The largest absolute Gasteiger partial charge is 0.471 e. The van der Waals surface area contributed by atoms with E-state index in [4.69, 9.17) is 4.42 Å². The molecule has 134 valence electrons. The van der Waals surface area contributed by atoms with Crippen LogP contribution in [0.25, 0.3) is 11.1 Å².